The minimum Gasteiger partial charge on any atom is -0.508 e. The van der Waals surface area contributed by atoms with E-state index in [2.05, 4.69) is 19.1 Å². The summed E-state index contributed by atoms with van der Waals surface area (Å²) in [4.78, 5) is 0. The lowest BCUT2D eigenvalue weighted by Crippen LogP contribution is -1.96. The van der Waals surface area contributed by atoms with Gasteiger partial charge < -0.3 is 9.84 Å². The number of para-hydroxylation sites is 1. The van der Waals surface area contributed by atoms with Crippen molar-refractivity contribution in [3.63, 3.8) is 0 Å². The van der Waals surface area contributed by atoms with Crippen LogP contribution in [0, 0.1) is 0 Å². The summed E-state index contributed by atoms with van der Waals surface area (Å²) >= 11 is 0. The third-order valence-electron chi connectivity index (χ3n) is 3.05. The minimum absolute atomic E-state index is 0.376. The number of benzene rings is 2. The molecule has 19 heavy (non-hydrogen) atoms. The van der Waals surface area contributed by atoms with Gasteiger partial charge in [0.25, 0.3) is 0 Å². The Morgan fingerprint density at radius 1 is 1.00 bits per heavy atom. The zero-order valence-electron chi connectivity index (χ0n) is 11.3. The molecule has 2 heteroatoms. The van der Waals surface area contributed by atoms with Crippen LogP contribution in [0.4, 0.5) is 0 Å². The summed E-state index contributed by atoms with van der Waals surface area (Å²) in [7, 11) is 0. The van der Waals surface area contributed by atoms with Crippen molar-refractivity contribution in [2.75, 3.05) is 6.61 Å². The van der Waals surface area contributed by atoms with E-state index >= 15 is 0 Å². The molecule has 0 aliphatic heterocycles. The number of aromatic hydroxyl groups is 1. The molecule has 0 radical (unpaired) electrons. The number of aryl methyl sites for hydroxylation is 2. The van der Waals surface area contributed by atoms with Crippen molar-refractivity contribution < 1.29 is 9.84 Å². The molecule has 0 atom stereocenters. The fraction of sp³-hybridized carbons (Fsp3) is 0.294. The molecule has 1 N–H and O–H groups in total. The molecule has 0 aromatic heterocycles. The van der Waals surface area contributed by atoms with Crippen LogP contribution in [0.3, 0.4) is 0 Å². The molecule has 0 saturated heterocycles. The van der Waals surface area contributed by atoms with Gasteiger partial charge in [-0.3, -0.25) is 0 Å². The number of hydrogen-bond acceptors (Lipinski definition) is 2. The van der Waals surface area contributed by atoms with Gasteiger partial charge in [-0.2, -0.15) is 0 Å². The van der Waals surface area contributed by atoms with Crippen molar-refractivity contribution in [1.82, 2.24) is 0 Å². The first-order valence-corrected chi connectivity index (χ1v) is 6.78. The van der Waals surface area contributed by atoms with E-state index in [-0.39, 0.29) is 0 Å². The van der Waals surface area contributed by atoms with Crippen molar-refractivity contribution in [2.45, 2.75) is 26.2 Å². The van der Waals surface area contributed by atoms with Crippen molar-refractivity contribution in [2.24, 2.45) is 0 Å². The molecule has 2 rings (SSSR count). The predicted octanol–water partition coefficient (Wildman–Crippen LogP) is 3.97. The maximum absolute atomic E-state index is 9.73. The highest BCUT2D eigenvalue weighted by molar-refractivity contribution is 5.34. The Bertz CT molecular complexity index is 520. The number of phenols is 1. The van der Waals surface area contributed by atoms with E-state index in [0.717, 1.165) is 37.2 Å². The lowest BCUT2D eigenvalue weighted by molar-refractivity contribution is 0.317. The highest BCUT2D eigenvalue weighted by Crippen LogP contribution is 2.20. The Kier molecular flexibility index (Phi) is 4.85. The van der Waals surface area contributed by atoms with Crippen LogP contribution in [0.5, 0.6) is 11.5 Å². The normalized spacial score (nSPS) is 10.4. The van der Waals surface area contributed by atoms with Crippen molar-refractivity contribution in [3.05, 3.63) is 59.7 Å². The summed E-state index contributed by atoms with van der Waals surface area (Å²) in [6.07, 6.45) is 2.76. The van der Waals surface area contributed by atoms with Gasteiger partial charge >= 0.3 is 0 Å². The molecule has 100 valence electrons. The van der Waals surface area contributed by atoms with E-state index in [9.17, 15) is 5.11 Å². The average Bonchev–Trinajstić information content (AvgIpc) is 2.45. The summed E-state index contributed by atoms with van der Waals surface area (Å²) in [5.74, 6) is 1.30. The molecule has 0 fully saturated rings. The SMILES string of the molecule is CCCOc1cccc(CCc2ccccc2O)c1. The van der Waals surface area contributed by atoms with E-state index in [1.165, 1.54) is 5.56 Å². The quantitative estimate of drug-likeness (QED) is 0.847. The fourth-order valence-electron chi connectivity index (χ4n) is 2.01. The Labute approximate surface area is 114 Å². The van der Waals surface area contributed by atoms with Crippen LogP contribution >= 0.6 is 0 Å². The van der Waals surface area contributed by atoms with E-state index in [0.29, 0.717) is 5.75 Å². The van der Waals surface area contributed by atoms with E-state index in [1.807, 2.05) is 30.3 Å². The zero-order chi connectivity index (χ0) is 13.5. The molecule has 0 heterocycles. The molecule has 0 spiro atoms. The second-order valence-electron chi connectivity index (χ2n) is 4.62. The molecule has 2 nitrogen and oxygen atoms in total. The highest BCUT2D eigenvalue weighted by atomic mass is 16.5. The van der Waals surface area contributed by atoms with Crippen LogP contribution in [0.1, 0.15) is 24.5 Å². The van der Waals surface area contributed by atoms with Crippen molar-refractivity contribution in [1.29, 1.82) is 0 Å². The van der Waals surface area contributed by atoms with Gasteiger partial charge in [-0.15, -0.1) is 0 Å². The second-order valence-corrected chi connectivity index (χ2v) is 4.62. The minimum atomic E-state index is 0.376. The summed E-state index contributed by atoms with van der Waals surface area (Å²) in [6, 6.07) is 15.7. The smallest absolute Gasteiger partial charge is 0.119 e. The molecule has 0 aliphatic carbocycles. The Hall–Kier alpha value is -1.96. The Balaban J connectivity index is 1.98. The van der Waals surface area contributed by atoms with Gasteiger partial charge in [0.05, 0.1) is 6.61 Å². The first-order chi connectivity index (χ1) is 9.29. The maximum Gasteiger partial charge on any atom is 0.119 e. The molecule has 2 aromatic rings. The number of hydrogen-bond donors (Lipinski definition) is 1. The van der Waals surface area contributed by atoms with Crippen LogP contribution in [0.2, 0.25) is 0 Å². The highest BCUT2D eigenvalue weighted by Gasteiger charge is 2.02. The molecule has 0 aliphatic rings. The monoisotopic (exact) mass is 256 g/mol. The van der Waals surface area contributed by atoms with Crippen LogP contribution in [-0.2, 0) is 12.8 Å². The van der Waals surface area contributed by atoms with Crippen LogP contribution in [0.15, 0.2) is 48.5 Å². The molecule has 0 saturated carbocycles. The van der Waals surface area contributed by atoms with E-state index in [1.54, 1.807) is 6.07 Å². The van der Waals surface area contributed by atoms with Gasteiger partial charge in [0.2, 0.25) is 0 Å². The van der Waals surface area contributed by atoms with Crippen LogP contribution < -0.4 is 4.74 Å². The fourth-order valence-corrected chi connectivity index (χ4v) is 2.01. The first-order valence-electron chi connectivity index (χ1n) is 6.78. The van der Waals surface area contributed by atoms with Gasteiger partial charge in [0.1, 0.15) is 11.5 Å². The molecule has 2 aromatic carbocycles. The van der Waals surface area contributed by atoms with Crippen molar-refractivity contribution >= 4 is 0 Å². The van der Waals surface area contributed by atoms with Gasteiger partial charge in [0.15, 0.2) is 0 Å². The molecular formula is C17H20O2. The Morgan fingerprint density at radius 2 is 1.84 bits per heavy atom. The van der Waals surface area contributed by atoms with Crippen LogP contribution in [0.25, 0.3) is 0 Å². The standard InChI is InChI=1S/C17H20O2/c1-2-12-19-16-8-5-6-14(13-16)10-11-15-7-3-4-9-17(15)18/h3-9,13,18H,2,10-12H2,1H3. The van der Waals surface area contributed by atoms with E-state index < -0.39 is 0 Å². The third kappa shape index (κ3) is 4.02. The average molecular weight is 256 g/mol. The number of phenolic OH excluding ortho intramolecular Hbond substituents is 1. The maximum atomic E-state index is 9.73. The number of rotatable bonds is 6. The first kappa shape index (κ1) is 13.5. The largest absolute Gasteiger partial charge is 0.508 e. The topological polar surface area (TPSA) is 29.5 Å². The van der Waals surface area contributed by atoms with E-state index in [4.69, 9.17) is 4.74 Å². The lowest BCUT2D eigenvalue weighted by atomic mass is 10.0. The van der Waals surface area contributed by atoms with Gasteiger partial charge in [-0.1, -0.05) is 37.3 Å². The molecule has 0 unspecified atom stereocenters. The number of ether oxygens (including phenoxy) is 1. The lowest BCUT2D eigenvalue weighted by Gasteiger charge is -2.08. The zero-order valence-corrected chi connectivity index (χ0v) is 11.3. The second kappa shape index (κ2) is 6.83. The molecule has 0 bridgehead atoms. The van der Waals surface area contributed by atoms with Gasteiger partial charge in [-0.05, 0) is 48.6 Å². The summed E-state index contributed by atoms with van der Waals surface area (Å²) in [6.45, 7) is 2.85. The molecular weight excluding hydrogens is 236 g/mol. The third-order valence-corrected chi connectivity index (χ3v) is 3.05. The van der Waals surface area contributed by atoms with Crippen LogP contribution in [-0.4, -0.2) is 11.7 Å². The summed E-state index contributed by atoms with van der Waals surface area (Å²) in [5.41, 5.74) is 2.22. The van der Waals surface area contributed by atoms with Gasteiger partial charge in [-0.25, -0.2) is 0 Å². The molecule has 0 amide bonds. The Morgan fingerprint density at radius 3 is 2.63 bits per heavy atom. The summed E-state index contributed by atoms with van der Waals surface area (Å²) < 4.78 is 5.62. The van der Waals surface area contributed by atoms with Crippen molar-refractivity contribution in [3.8, 4) is 11.5 Å². The van der Waals surface area contributed by atoms with Gasteiger partial charge in [0, 0.05) is 0 Å². The summed E-state index contributed by atoms with van der Waals surface area (Å²) in [5, 5.41) is 9.73. The predicted molar refractivity (Wildman–Crippen MR) is 77.7 cm³/mol.